The monoisotopic (exact) mass is 247 g/mol. The highest BCUT2D eigenvalue weighted by atomic mass is 16.7. The molecular formula is C14H17NO3. The number of hydrogen-bond donors (Lipinski definition) is 1. The van der Waals surface area contributed by atoms with Crippen LogP contribution in [0.5, 0.6) is 0 Å². The van der Waals surface area contributed by atoms with Crippen molar-refractivity contribution >= 4 is 16.9 Å². The lowest BCUT2D eigenvalue weighted by Crippen LogP contribution is -2.10. The van der Waals surface area contributed by atoms with Crippen molar-refractivity contribution in [1.82, 2.24) is 4.73 Å². The largest absolute Gasteiger partial charge is 0.481 e. The molecule has 0 aliphatic carbocycles. The van der Waals surface area contributed by atoms with Crippen LogP contribution in [0.4, 0.5) is 0 Å². The van der Waals surface area contributed by atoms with Gasteiger partial charge < -0.3 is 9.94 Å². The molecule has 0 unspecified atom stereocenters. The molecule has 4 nitrogen and oxygen atoms in total. The van der Waals surface area contributed by atoms with E-state index in [1.807, 2.05) is 30.5 Å². The first kappa shape index (κ1) is 12.5. The number of rotatable bonds is 6. The first-order valence-corrected chi connectivity index (χ1v) is 6.16. The molecule has 0 aliphatic rings. The summed E-state index contributed by atoms with van der Waals surface area (Å²) in [4.78, 5) is 16.3. The van der Waals surface area contributed by atoms with Gasteiger partial charge in [0.25, 0.3) is 0 Å². The van der Waals surface area contributed by atoms with E-state index in [9.17, 15) is 4.79 Å². The number of benzene rings is 1. The molecule has 1 aromatic heterocycles. The molecule has 0 fully saturated rings. The molecule has 0 aliphatic heterocycles. The number of hydrogen-bond acceptors (Lipinski definition) is 2. The summed E-state index contributed by atoms with van der Waals surface area (Å²) in [6.45, 7) is 2.70. The molecule has 0 saturated heterocycles. The van der Waals surface area contributed by atoms with Gasteiger partial charge in [0.05, 0.1) is 5.52 Å². The molecule has 0 spiro atoms. The Hall–Kier alpha value is -1.97. The van der Waals surface area contributed by atoms with Gasteiger partial charge in [-0.1, -0.05) is 25.1 Å². The number of para-hydroxylation sites is 1. The molecule has 4 heteroatoms. The van der Waals surface area contributed by atoms with Crippen LogP contribution in [0, 0.1) is 0 Å². The fourth-order valence-electron chi connectivity index (χ4n) is 1.96. The van der Waals surface area contributed by atoms with E-state index in [-0.39, 0.29) is 6.42 Å². The van der Waals surface area contributed by atoms with Gasteiger partial charge in [-0.15, -0.1) is 0 Å². The van der Waals surface area contributed by atoms with Gasteiger partial charge in [0.2, 0.25) is 0 Å². The maximum atomic E-state index is 10.6. The average molecular weight is 247 g/mol. The number of aromatic nitrogens is 1. The Morgan fingerprint density at radius 3 is 2.89 bits per heavy atom. The molecule has 2 aromatic rings. The first-order valence-electron chi connectivity index (χ1n) is 6.16. The lowest BCUT2D eigenvalue weighted by atomic mass is 10.1. The van der Waals surface area contributed by atoms with Gasteiger partial charge in [0.1, 0.15) is 6.61 Å². The van der Waals surface area contributed by atoms with Crippen molar-refractivity contribution in [2.75, 3.05) is 6.61 Å². The van der Waals surface area contributed by atoms with E-state index in [2.05, 4.69) is 6.92 Å². The highest BCUT2D eigenvalue weighted by Crippen LogP contribution is 2.21. The normalized spacial score (nSPS) is 10.7. The van der Waals surface area contributed by atoms with Crippen molar-refractivity contribution in [2.45, 2.75) is 26.2 Å². The number of carbonyl (C=O) groups is 1. The van der Waals surface area contributed by atoms with Gasteiger partial charge in [-0.2, -0.15) is 4.73 Å². The molecule has 1 aromatic carbocycles. The minimum absolute atomic E-state index is 0.141. The molecular weight excluding hydrogens is 230 g/mol. The molecule has 2 rings (SSSR count). The van der Waals surface area contributed by atoms with Crippen LogP contribution in [0.25, 0.3) is 10.9 Å². The summed E-state index contributed by atoms with van der Waals surface area (Å²) in [7, 11) is 0. The highest BCUT2D eigenvalue weighted by molar-refractivity contribution is 5.84. The standard InChI is InChI=1S/C14H17NO3/c1-2-9-18-15-10-11(7-8-14(16)17)12-5-3-4-6-13(12)15/h3-6,10H,2,7-9H2,1H3,(H,16,17). The van der Waals surface area contributed by atoms with Gasteiger partial charge in [0.15, 0.2) is 0 Å². The molecule has 0 amide bonds. The van der Waals surface area contributed by atoms with E-state index < -0.39 is 5.97 Å². The zero-order chi connectivity index (χ0) is 13.0. The van der Waals surface area contributed by atoms with Crippen LogP contribution in [0.3, 0.4) is 0 Å². The van der Waals surface area contributed by atoms with E-state index in [0.29, 0.717) is 13.0 Å². The lowest BCUT2D eigenvalue weighted by Gasteiger charge is -2.05. The maximum Gasteiger partial charge on any atom is 0.303 e. The third-order valence-electron chi connectivity index (χ3n) is 2.80. The summed E-state index contributed by atoms with van der Waals surface area (Å²) >= 11 is 0. The molecule has 0 bridgehead atoms. The van der Waals surface area contributed by atoms with Gasteiger partial charge in [-0.3, -0.25) is 4.79 Å². The Bertz CT molecular complexity index is 545. The Kier molecular flexibility index (Phi) is 3.87. The van der Waals surface area contributed by atoms with Crippen LogP contribution in [-0.2, 0) is 11.2 Å². The van der Waals surface area contributed by atoms with Crippen LogP contribution < -0.4 is 4.84 Å². The summed E-state index contributed by atoms with van der Waals surface area (Å²) in [5, 5.41) is 9.82. The maximum absolute atomic E-state index is 10.6. The molecule has 1 heterocycles. The summed E-state index contributed by atoms with van der Waals surface area (Å²) in [6.07, 6.45) is 3.50. The second kappa shape index (κ2) is 5.58. The van der Waals surface area contributed by atoms with E-state index in [1.54, 1.807) is 4.73 Å². The van der Waals surface area contributed by atoms with Gasteiger partial charge >= 0.3 is 5.97 Å². The predicted molar refractivity (Wildman–Crippen MR) is 69.6 cm³/mol. The summed E-state index contributed by atoms with van der Waals surface area (Å²) in [6, 6.07) is 7.89. The highest BCUT2D eigenvalue weighted by Gasteiger charge is 2.09. The lowest BCUT2D eigenvalue weighted by molar-refractivity contribution is -0.136. The molecule has 0 atom stereocenters. The average Bonchev–Trinajstić information content (AvgIpc) is 2.72. The van der Waals surface area contributed by atoms with Crippen LogP contribution in [-0.4, -0.2) is 22.4 Å². The first-order chi connectivity index (χ1) is 8.72. The van der Waals surface area contributed by atoms with Crippen LogP contribution in [0.2, 0.25) is 0 Å². The van der Waals surface area contributed by atoms with Gasteiger partial charge in [-0.05, 0) is 24.5 Å². The Morgan fingerprint density at radius 2 is 2.17 bits per heavy atom. The predicted octanol–water partition coefficient (Wildman–Crippen LogP) is 2.50. The van der Waals surface area contributed by atoms with Crippen molar-refractivity contribution in [3.8, 4) is 0 Å². The summed E-state index contributed by atoms with van der Waals surface area (Å²) in [5.74, 6) is -0.777. The number of aliphatic carboxylic acids is 1. The Morgan fingerprint density at radius 1 is 1.39 bits per heavy atom. The number of carboxylic acid groups (broad SMARTS) is 1. The summed E-state index contributed by atoms with van der Waals surface area (Å²) in [5.41, 5.74) is 2.01. The van der Waals surface area contributed by atoms with E-state index in [1.165, 1.54) is 0 Å². The molecule has 1 N–H and O–H groups in total. The third kappa shape index (κ3) is 2.64. The number of aryl methyl sites for hydroxylation is 1. The van der Waals surface area contributed by atoms with Gasteiger partial charge in [0, 0.05) is 18.0 Å². The molecule has 0 radical (unpaired) electrons. The fourth-order valence-corrected chi connectivity index (χ4v) is 1.96. The second-order valence-corrected chi connectivity index (χ2v) is 4.22. The molecule has 96 valence electrons. The summed E-state index contributed by atoms with van der Waals surface area (Å²) < 4.78 is 1.75. The van der Waals surface area contributed by atoms with Crippen molar-refractivity contribution in [2.24, 2.45) is 0 Å². The quantitative estimate of drug-likeness (QED) is 0.853. The van der Waals surface area contributed by atoms with Crippen molar-refractivity contribution < 1.29 is 14.7 Å². The molecule has 18 heavy (non-hydrogen) atoms. The van der Waals surface area contributed by atoms with Crippen molar-refractivity contribution in [3.05, 3.63) is 36.0 Å². The minimum Gasteiger partial charge on any atom is -0.481 e. The SMILES string of the molecule is CCCOn1cc(CCC(=O)O)c2ccccc21. The number of fused-ring (bicyclic) bond motifs is 1. The number of nitrogens with zero attached hydrogens (tertiary/aromatic N) is 1. The van der Waals surface area contributed by atoms with Crippen LogP contribution in [0.15, 0.2) is 30.5 Å². The molecule has 0 saturated carbocycles. The van der Waals surface area contributed by atoms with E-state index in [0.717, 1.165) is 22.9 Å². The van der Waals surface area contributed by atoms with Crippen LogP contribution in [0.1, 0.15) is 25.3 Å². The smallest absolute Gasteiger partial charge is 0.303 e. The Balaban J connectivity index is 2.31. The fraction of sp³-hybridized carbons (Fsp3) is 0.357. The van der Waals surface area contributed by atoms with Gasteiger partial charge in [-0.25, -0.2) is 0 Å². The van der Waals surface area contributed by atoms with Crippen molar-refractivity contribution in [1.29, 1.82) is 0 Å². The Labute approximate surface area is 106 Å². The van der Waals surface area contributed by atoms with Crippen molar-refractivity contribution in [3.63, 3.8) is 0 Å². The number of carboxylic acids is 1. The topological polar surface area (TPSA) is 51.5 Å². The van der Waals surface area contributed by atoms with E-state index in [4.69, 9.17) is 9.94 Å². The third-order valence-corrected chi connectivity index (χ3v) is 2.80. The van der Waals surface area contributed by atoms with E-state index >= 15 is 0 Å². The van der Waals surface area contributed by atoms with Crippen LogP contribution >= 0.6 is 0 Å². The zero-order valence-corrected chi connectivity index (χ0v) is 10.4. The minimum atomic E-state index is -0.777. The zero-order valence-electron chi connectivity index (χ0n) is 10.4. The second-order valence-electron chi connectivity index (χ2n) is 4.22.